The van der Waals surface area contributed by atoms with Gasteiger partial charge in [0.05, 0.1) is 23.4 Å². The van der Waals surface area contributed by atoms with Gasteiger partial charge in [-0.1, -0.05) is 0 Å². The number of anilines is 1. The van der Waals surface area contributed by atoms with Gasteiger partial charge in [0.2, 0.25) is 0 Å². The number of nitrogens with zero attached hydrogens (tertiary/aromatic N) is 2. The molecule has 6 nitrogen and oxygen atoms in total. The number of nitrogens with one attached hydrogen (secondary N) is 2. The lowest BCUT2D eigenvalue weighted by Crippen LogP contribution is -2.51. The molecule has 0 spiro atoms. The van der Waals surface area contributed by atoms with Crippen LogP contribution < -0.4 is 15.5 Å². The zero-order valence-electron chi connectivity index (χ0n) is 14.0. The van der Waals surface area contributed by atoms with Crippen molar-refractivity contribution in [3.05, 3.63) is 29.6 Å². The number of piperidine rings is 1. The SMILES string of the molecule is CO[C@H](C)CNC(=O)N[C@@H]1CCCN(c2ccc(C#N)cc2F)C1. The van der Waals surface area contributed by atoms with Gasteiger partial charge in [0, 0.05) is 32.8 Å². The first-order valence-electron chi connectivity index (χ1n) is 8.05. The normalized spacial score (nSPS) is 18.6. The number of amides is 2. The third kappa shape index (κ3) is 4.83. The lowest BCUT2D eigenvalue weighted by molar-refractivity contribution is 0.118. The molecule has 0 aromatic heterocycles. The minimum Gasteiger partial charge on any atom is -0.380 e. The molecule has 0 saturated carbocycles. The largest absolute Gasteiger partial charge is 0.380 e. The molecule has 1 aromatic rings. The average molecular weight is 334 g/mol. The summed E-state index contributed by atoms with van der Waals surface area (Å²) in [6, 6.07) is 6.10. The molecule has 0 unspecified atom stereocenters. The maximum atomic E-state index is 14.2. The molecule has 0 bridgehead atoms. The second-order valence-corrected chi connectivity index (χ2v) is 5.96. The first-order chi connectivity index (χ1) is 11.5. The van der Waals surface area contributed by atoms with Gasteiger partial charge in [0.1, 0.15) is 5.82 Å². The minimum atomic E-state index is -0.409. The van der Waals surface area contributed by atoms with E-state index in [4.69, 9.17) is 10.00 Å². The van der Waals surface area contributed by atoms with Crippen LogP contribution >= 0.6 is 0 Å². The van der Waals surface area contributed by atoms with Gasteiger partial charge in [0.25, 0.3) is 0 Å². The molecule has 130 valence electrons. The summed E-state index contributed by atoms with van der Waals surface area (Å²) in [4.78, 5) is 13.8. The summed E-state index contributed by atoms with van der Waals surface area (Å²) >= 11 is 0. The Kier molecular flexibility index (Phi) is 6.38. The summed E-state index contributed by atoms with van der Waals surface area (Å²) < 4.78 is 19.2. The number of carbonyl (C=O) groups is 1. The number of rotatable bonds is 5. The number of carbonyl (C=O) groups excluding carboxylic acids is 1. The smallest absolute Gasteiger partial charge is 0.315 e. The maximum Gasteiger partial charge on any atom is 0.315 e. The summed E-state index contributed by atoms with van der Waals surface area (Å²) in [6.45, 7) is 3.57. The Balaban J connectivity index is 1.92. The van der Waals surface area contributed by atoms with E-state index in [1.807, 2.05) is 17.9 Å². The van der Waals surface area contributed by atoms with Crippen molar-refractivity contribution in [2.75, 3.05) is 31.6 Å². The molecule has 1 aliphatic rings. The quantitative estimate of drug-likeness (QED) is 0.863. The number of urea groups is 1. The number of hydrogen-bond donors (Lipinski definition) is 2. The second kappa shape index (κ2) is 8.50. The fourth-order valence-corrected chi connectivity index (χ4v) is 2.70. The van der Waals surface area contributed by atoms with Crippen LogP contribution in [0.4, 0.5) is 14.9 Å². The summed E-state index contributed by atoms with van der Waals surface area (Å²) in [6.07, 6.45) is 1.66. The highest BCUT2D eigenvalue weighted by Crippen LogP contribution is 2.24. The molecule has 24 heavy (non-hydrogen) atoms. The number of ether oxygens (including phenoxy) is 1. The highest BCUT2D eigenvalue weighted by Gasteiger charge is 2.23. The van der Waals surface area contributed by atoms with Gasteiger partial charge in [0.15, 0.2) is 0 Å². The fourth-order valence-electron chi connectivity index (χ4n) is 2.70. The zero-order valence-corrected chi connectivity index (χ0v) is 14.0. The van der Waals surface area contributed by atoms with Crippen LogP contribution in [0.5, 0.6) is 0 Å². The zero-order chi connectivity index (χ0) is 17.5. The Bertz CT molecular complexity index is 617. The molecule has 2 rings (SSSR count). The van der Waals surface area contributed by atoms with Crippen LogP contribution in [0.2, 0.25) is 0 Å². The van der Waals surface area contributed by atoms with Gasteiger partial charge in [-0.25, -0.2) is 9.18 Å². The molecule has 1 aliphatic heterocycles. The number of nitriles is 1. The van der Waals surface area contributed by atoms with Crippen LogP contribution in [0.3, 0.4) is 0 Å². The summed E-state index contributed by atoms with van der Waals surface area (Å²) in [5.74, 6) is -0.409. The number of hydrogen-bond acceptors (Lipinski definition) is 4. The summed E-state index contributed by atoms with van der Waals surface area (Å²) in [5, 5.41) is 14.5. The average Bonchev–Trinajstić information content (AvgIpc) is 2.59. The van der Waals surface area contributed by atoms with Crippen LogP contribution in [0.25, 0.3) is 0 Å². The van der Waals surface area contributed by atoms with E-state index in [9.17, 15) is 9.18 Å². The van der Waals surface area contributed by atoms with Gasteiger partial charge in [-0.05, 0) is 38.0 Å². The third-order valence-electron chi connectivity index (χ3n) is 4.13. The highest BCUT2D eigenvalue weighted by molar-refractivity contribution is 5.74. The van der Waals surface area contributed by atoms with E-state index in [-0.39, 0.29) is 18.2 Å². The maximum absolute atomic E-state index is 14.2. The molecule has 0 aliphatic carbocycles. The van der Waals surface area contributed by atoms with E-state index in [1.54, 1.807) is 19.2 Å². The lowest BCUT2D eigenvalue weighted by atomic mass is 10.0. The lowest BCUT2D eigenvalue weighted by Gasteiger charge is -2.35. The van der Waals surface area contributed by atoms with Crippen LogP contribution in [0.1, 0.15) is 25.3 Å². The second-order valence-electron chi connectivity index (χ2n) is 5.96. The van der Waals surface area contributed by atoms with Gasteiger partial charge >= 0.3 is 6.03 Å². The van der Waals surface area contributed by atoms with Crippen molar-refractivity contribution in [3.8, 4) is 6.07 Å². The third-order valence-corrected chi connectivity index (χ3v) is 4.13. The van der Waals surface area contributed by atoms with E-state index in [1.165, 1.54) is 6.07 Å². The molecule has 1 saturated heterocycles. The van der Waals surface area contributed by atoms with E-state index >= 15 is 0 Å². The number of methoxy groups -OCH3 is 1. The Morgan fingerprint density at radius 1 is 1.58 bits per heavy atom. The van der Waals surface area contributed by atoms with Crippen molar-refractivity contribution in [2.45, 2.75) is 31.9 Å². The van der Waals surface area contributed by atoms with Crippen LogP contribution in [-0.4, -0.2) is 44.9 Å². The molecule has 7 heteroatoms. The summed E-state index contributed by atoms with van der Waals surface area (Å²) in [7, 11) is 1.59. The van der Waals surface area contributed by atoms with E-state index in [0.29, 0.717) is 24.3 Å². The molecule has 2 atom stereocenters. The minimum absolute atomic E-state index is 0.0494. The van der Waals surface area contributed by atoms with Crippen molar-refractivity contribution >= 4 is 11.7 Å². The molecular formula is C17H23FN4O2. The summed E-state index contributed by atoms with van der Waals surface area (Å²) in [5.41, 5.74) is 0.767. The molecule has 1 fully saturated rings. The van der Waals surface area contributed by atoms with E-state index in [0.717, 1.165) is 19.4 Å². The van der Waals surface area contributed by atoms with Gasteiger partial charge in [-0.2, -0.15) is 5.26 Å². The van der Waals surface area contributed by atoms with Crippen LogP contribution in [0.15, 0.2) is 18.2 Å². The Morgan fingerprint density at radius 3 is 3.04 bits per heavy atom. The standard InChI is InChI=1S/C17H23FN4O2/c1-12(24-2)10-20-17(23)21-14-4-3-7-22(11-14)16-6-5-13(9-19)8-15(16)18/h5-6,8,12,14H,3-4,7,10-11H2,1-2H3,(H2,20,21,23)/t12-,14-/m1/s1. The van der Waals surface area contributed by atoms with E-state index < -0.39 is 5.82 Å². The van der Waals surface area contributed by atoms with Crippen molar-refractivity contribution in [1.29, 1.82) is 5.26 Å². The predicted octanol–water partition coefficient (Wildman–Crippen LogP) is 2.00. The molecule has 1 heterocycles. The molecule has 1 aromatic carbocycles. The Morgan fingerprint density at radius 2 is 2.38 bits per heavy atom. The Labute approximate surface area is 141 Å². The fraction of sp³-hybridized carbons (Fsp3) is 0.529. The topological polar surface area (TPSA) is 77.4 Å². The first kappa shape index (κ1) is 18.0. The monoisotopic (exact) mass is 334 g/mol. The van der Waals surface area contributed by atoms with Crippen LogP contribution in [0, 0.1) is 17.1 Å². The first-order valence-corrected chi connectivity index (χ1v) is 8.05. The van der Waals surface area contributed by atoms with Crippen molar-refractivity contribution < 1.29 is 13.9 Å². The Hall–Kier alpha value is -2.33. The molecule has 2 amide bonds. The van der Waals surface area contributed by atoms with Crippen molar-refractivity contribution in [3.63, 3.8) is 0 Å². The molecular weight excluding hydrogens is 311 g/mol. The molecule has 0 radical (unpaired) electrons. The van der Waals surface area contributed by atoms with Crippen molar-refractivity contribution in [2.24, 2.45) is 0 Å². The number of benzene rings is 1. The van der Waals surface area contributed by atoms with Gasteiger partial charge < -0.3 is 20.3 Å². The predicted molar refractivity (Wildman–Crippen MR) is 89.4 cm³/mol. The molecule has 2 N–H and O–H groups in total. The van der Waals surface area contributed by atoms with Crippen LogP contribution in [-0.2, 0) is 4.74 Å². The highest BCUT2D eigenvalue weighted by atomic mass is 19.1. The van der Waals surface area contributed by atoms with Gasteiger partial charge in [-0.15, -0.1) is 0 Å². The number of halogens is 1. The van der Waals surface area contributed by atoms with Gasteiger partial charge in [-0.3, -0.25) is 0 Å². The van der Waals surface area contributed by atoms with E-state index in [2.05, 4.69) is 10.6 Å². The van der Waals surface area contributed by atoms with Crippen molar-refractivity contribution in [1.82, 2.24) is 10.6 Å².